The van der Waals surface area contributed by atoms with Crippen molar-refractivity contribution in [3.8, 4) is 5.82 Å². The minimum atomic E-state index is -0.794. The number of hydrogen-bond donors (Lipinski definition) is 5. The summed E-state index contributed by atoms with van der Waals surface area (Å²) in [7, 11) is 0. The van der Waals surface area contributed by atoms with Crippen LogP contribution in [0.25, 0.3) is 5.82 Å². The molecule has 2 aromatic heterocycles. The van der Waals surface area contributed by atoms with Crippen molar-refractivity contribution in [1.29, 1.82) is 0 Å². The van der Waals surface area contributed by atoms with Crippen LogP contribution in [0.15, 0.2) is 47.5 Å². The monoisotopic (exact) mass is 396 g/mol. The maximum atomic E-state index is 11.9. The lowest BCUT2D eigenvalue weighted by Gasteiger charge is -2.31. The average Bonchev–Trinajstić information content (AvgIpc) is 3.25. The lowest BCUT2D eigenvalue weighted by molar-refractivity contribution is -0.119. The summed E-state index contributed by atoms with van der Waals surface area (Å²) >= 11 is 0. The molecule has 0 saturated heterocycles. The van der Waals surface area contributed by atoms with Gasteiger partial charge in [-0.3, -0.25) is 10.2 Å². The Morgan fingerprint density at radius 1 is 1.28 bits per heavy atom. The van der Waals surface area contributed by atoms with Crippen LogP contribution in [0, 0.1) is 0 Å². The Morgan fingerprint density at radius 2 is 2.14 bits per heavy atom. The van der Waals surface area contributed by atoms with E-state index in [1.54, 1.807) is 35.3 Å². The summed E-state index contributed by atoms with van der Waals surface area (Å²) in [5.41, 5.74) is 15.1. The summed E-state index contributed by atoms with van der Waals surface area (Å²) in [5, 5.41) is 18.5. The molecule has 1 unspecified atom stereocenters. The van der Waals surface area contributed by atoms with Gasteiger partial charge in [0.2, 0.25) is 5.91 Å². The fourth-order valence-electron chi connectivity index (χ4n) is 3.49. The molecule has 152 valence electrons. The van der Waals surface area contributed by atoms with Gasteiger partial charge < -0.3 is 22.1 Å². The van der Waals surface area contributed by atoms with E-state index in [0.717, 1.165) is 25.7 Å². The highest BCUT2D eigenvalue weighted by Crippen LogP contribution is 2.18. The Hall–Kier alpha value is -3.47. The highest BCUT2D eigenvalue weighted by molar-refractivity contribution is 5.97. The molecule has 4 rings (SSSR count). The van der Waals surface area contributed by atoms with Crippen molar-refractivity contribution in [3.63, 3.8) is 0 Å². The van der Waals surface area contributed by atoms with Crippen molar-refractivity contribution in [2.24, 2.45) is 16.6 Å². The SMILES string of the molecule is NC(=O)C1NN=C(N[C@H]2CCCC[C@H]2N)C=C1Nc1cccc(-n2ccnn2)n1. The van der Waals surface area contributed by atoms with Crippen LogP contribution in [-0.4, -0.2) is 49.8 Å². The molecule has 7 N–H and O–H groups in total. The minimum absolute atomic E-state index is 0.0751. The second-order valence-electron chi connectivity index (χ2n) is 7.11. The fourth-order valence-corrected chi connectivity index (χ4v) is 3.49. The number of nitrogens with two attached hydrogens (primary N) is 2. The Bertz CT molecular complexity index is 922. The molecule has 1 aliphatic carbocycles. The van der Waals surface area contributed by atoms with E-state index in [9.17, 15) is 4.79 Å². The molecular weight excluding hydrogens is 372 g/mol. The van der Waals surface area contributed by atoms with Crippen LogP contribution in [0.4, 0.5) is 5.82 Å². The van der Waals surface area contributed by atoms with Crippen molar-refractivity contribution >= 4 is 17.6 Å². The molecule has 29 heavy (non-hydrogen) atoms. The lowest BCUT2D eigenvalue weighted by Crippen LogP contribution is -2.52. The number of nitrogens with zero attached hydrogens (tertiary/aromatic N) is 5. The number of amides is 1. The molecule has 1 saturated carbocycles. The van der Waals surface area contributed by atoms with Crippen molar-refractivity contribution in [3.05, 3.63) is 42.4 Å². The third-order valence-electron chi connectivity index (χ3n) is 5.02. The average molecular weight is 396 g/mol. The lowest BCUT2D eigenvalue weighted by atomic mass is 9.91. The first-order valence-electron chi connectivity index (χ1n) is 9.57. The van der Waals surface area contributed by atoms with Gasteiger partial charge in [-0.1, -0.05) is 24.1 Å². The van der Waals surface area contributed by atoms with Crippen LogP contribution in [0.5, 0.6) is 0 Å². The normalized spacial score (nSPS) is 24.1. The molecule has 11 heteroatoms. The summed E-state index contributed by atoms with van der Waals surface area (Å²) in [5.74, 6) is 1.17. The van der Waals surface area contributed by atoms with Crippen LogP contribution in [0.1, 0.15) is 25.7 Å². The molecule has 2 aliphatic rings. The van der Waals surface area contributed by atoms with Crippen molar-refractivity contribution in [1.82, 2.24) is 30.7 Å². The van der Waals surface area contributed by atoms with Gasteiger partial charge in [-0.2, -0.15) is 5.10 Å². The van der Waals surface area contributed by atoms with Crippen LogP contribution < -0.4 is 27.5 Å². The molecule has 1 aliphatic heterocycles. The minimum Gasteiger partial charge on any atom is -0.367 e. The Kier molecular flexibility index (Phi) is 5.38. The van der Waals surface area contributed by atoms with Crippen molar-refractivity contribution in [2.75, 3.05) is 5.32 Å². The second kappa shape index (κ2) is 8.27. The number of anilines is 1. The first-order chi connectivity index (χ1) is 14.1. The molecule has 11 nitrogen and oxygen atoms in total. The third kappa shape index (κ3) is 4.35. The van der Waals surface area contributed by atoms with Gasteiger partial charge in [0, 0.05) is 18.2 Å². The van der Waals surface area contributed by atoms with Gasteiger partial charge in [0.15, 0.2) is 11.9 Å². The zero-order valence-corrected chi connectivity index (χ0v) is 15.8. The summed E-state index contributed by atoms with van der Waals surface area (Å²) in [6.45, 7) is 0. The molecular formula is C18H24N10O. The van der Waals surface area contributed by atoms with E-state index in [-0.39, 0.29) is 12.1 Å². The predicted molar refractivity (Wildman–Crippen MR) is 108 cm³/mol. The van der Waals surface area contributed by atoms with Gasteiger partial charge in [-0.25, -0.2) is 9.67 Å². The summed E-state index contributed by atoms with van der Waals surface area (Å²) in [6, 6.07) is 4.84. The highest BCUT2D eigenvalue weighted by Gasteiger charge is 2.27. The number of nitrogens with one attached hydrogen (secondary N) is 3. The molecule has 0 spiro atoms. The smallest absolute Gasteiger partial charge is 0.247 e. The number of pyridine rings is 1. The maximum absolute atomic E-state index is 11.9. The number of rotatable bonds is 5. The first-order valence-corrected chi connectivity index (χ1v) is 9.57. The Labute approximate surface area is 167 Å². The highest BCUT2D eigenvalue weighted by atomic mass is 16.1. The van der Waals surface area contributed by atoms with Gasteiger partial charge in [-0.15, -0.1) is 5.10 Å². The molecule has 3 heterocycles. The number of primary amides is 1. The molecule has 1 fully saturated rings. The molecule has 0 bridgehead atoms. The van der Waals surface area contributed by atoms with Gasteiger partial charge >= 0.3 is 0 Å². The predicted octanol–water partition coefficient (Wildman–Crippen LogP) is -0.412. The number of hydrazone groups is 1. The summed E-state index contributed by atoms with van der Waals surface area (Å²) in [6.07, 6.45) is 9.27. The largest absolute Gasteiger partial charge is 0.367 e. The summed E-state index contributed by atoms with van der Waals surface area (Å²) < 4.78 is 1.54. The molecule has 0 radical (unpaired) electrons. The van der Waals surface area contributed by atoms with Gasteiger partial charge in [-0.05, 0) is 25.0 Å². The van der Waals surface area contributed by atoms with Crippen molar-refractivity contribution in [2.45, 2.75) is 43.8 Å². The Balaban J connectivity index is 1.54. The van der Waals surface area contributed by atoms with E-state index in [0.29, 0.717) is 23.2 Å². The quantitative estimate of drug-likeness (QED) is 0.456. The third-order valence-corrected chi connectivity index (χ3v) is 5.02. The van der Waals surface area contributed by atoms with E-state index in [1.165, 1.54) is 0 Å². The molecule has 2 aromatic rings. The topological polar surface area (TPSA) is 161 Å². The number of amidine groups is 1. The second-order valence-corrected chi connectivity index (χ2v) is 7.11. The number of aromatic nitrogens is 4. The summed E-state index contributed by atoms with van der Waals surface area (Å²) in [4.78, 5) is 16.4. The van der Waals surface area contributed by atoms with Gasteiger partial charge in [0.25, 0.3) is 0 Å². The molecule has 3 atom stereocenters. The van der Waals surface area contributed by atoms with Gasteiger partial charge in [0.1, 0.15) is 11.7 Å². The Morgan fingerprint density at radius 3 is 2.90 bits per heavy atom. The van der Waals surface area contributed by atoms with Crippen LogP contribution in [0.2, 0.25) is 0 Å². The standard InChI is InChI=1S/C18H24N10O/c19-11-4-1-2-5-12(11)22-15-10-13(17(18(20)29)26-25-15)23-14-6-3-7-16(24-14)28-9-8-21-27-28/h3,6-12,17,26H,1-2,4-5,19H2,(H2,20,29)(H,22,25)(H,23,24)/t11-,12+,17?/m1/s1. The van der Waals surface area contributed by atoms with E-state index in [4.69, 9.17) is 11.5 Å². The van der Waals surface area contributed by atoms with E-state index in [1.807, 2.05) is 6.07 Å². The van der Waals surface area contributed by atoms with Gasteiger partial charge in [0.05, 0.1) is 18.1 Å². The molecule has 0 aromatic carbocycles. The van der Waals surface area contributed by atoms with Crippen LogP contribution in [0.3, 0.4) is 0 Å². The zero-order chi connectivity index (χ0) is 20.2. The maximum Gasteiger partial charge on any atom is 0.247 e. The number of carbonyl (C=O) groups is 1. The number of carbonyl (C=O) groups excluding carboxylic acids is 1. The number of hydrogen-bond acceptors (Lipinski definition) is 9. The van der Waals surface area contributed by atoms with Crippen LogP contribution in [-0.2, 0) is 4.79 Å². The van der Waals surface area contributed by atoms with E-state index in [2.05, 4.69) is 36.5 Å². The van der Waals surface area contributed by atoms with E-state index < -0.39 is 11.9 Å². The molecule has 1 amide bonds. The van der Waals surface area contributed by atoms with E-state index >= 15 is 0 Å². The first kappa shape index (κ1) is 18.9. The van der Waals surface area contributed by atoms with Crippen molar-refractivity contribution < 1.29 is 4.79 Å². The fraction of sp³-hybridized carbons (Fsp3) is 0.389. The van der Waals surface area contributed by atoms with Crippen LogP contribution >= 0.6 is 0 Å². The zero-order valence-electron chi connectivity index (χ0n) is 15.8.